The summed E-state index contributed by atoms with van der Waals surface area (Å²) < 4.78 is 37.7. The molecule has 8 nitrogen and oxygen atoms in total. The number of nitrogens with one attached hydrogen (secondary N) is 2. The fourth-order valence-corrected chi connectivity index (χ4v) is 3.73. The van der Waals surface area contributed by atoms with Crippen LogP contribution in [0.3, 0.4) is 0 Å². The van der Waals surface area contributed by atoms with Crippen LogP contribution in [0.15, 0.2) is 12.4 Å². The molecule has 0 unspecified atom stereocenters. The third-order valence-electron chi connectivity index (χ3n) is 5.66. The second kappa shape index (κ2) is 7.37. The maximum atomic E-state index is 12.6. The van der Waals surface area contributed by atoms with Crippen LogP contribution in [0.25, 0.3) is 0 Å². The number of carbonyl (C=O) groups excluding carboxylic acids is 1. The van der Waals surface area contributed by atoms with Crippen LogP contribution in [0.2, 0.25) is 0 Å². The molecule has 1 atom stereocenters. The predicted molar refractivity (Wildman–Crippen MR) is 104 cm³/mol. The zero-order valence-electron chi connectivity index (χ0n) is 16.8. The quantitative estimate of drug-likeness (QED) is 0.784. The maximum Gasteiger partial charge on any atom is 0.434 e. The van der Waals surface area contributed by atoms with Gasteiger partial charge in [0.25, 0.3) is 0 Å². The first kappa shape index (κ1) is 20.3. The molecule has 1 fully saturated rings. The van der Waals surface area contributed by atoms with E-state index < -0.39 is 11.9 Å². The maximum absolute atomic E-state index is 12.6. The summed E-state index contributed by atoms with van der Waals surface area (Å²) in [6.07, 6.45) is -0.276. The smallest absolute Gasteiger partial charge is 0.366 e. The first-order valence-electron chi connectivity index (χ1n) is 9.68. The number of carbonyl (C=O) groups is 1. The van der Waals surface area contributed by atoms with Gasteiger partial charge in [-0.25, -0.2) is 19.9 Å². The zero-order valence-corrected chi connectivity index (χ0v) is 16.8. The molecule has 30 heavy (non-hydrogen) atoms. The number of likely N-dealkylation sites (N-methyl/N-ethyl adjacent to an activating group) is 1. The van der Waals surface area contributed by atoms with E-state index >= 15 is 0 Å². The standard InChI is InChI=1S/C19H22F3N7O/c1-9-16-17(29(3)10(2)18(30)28-16)27-14(25-9)6-11-4-12(5-11)26-15-8-23-13(7-24-15)19(20,21)22/h7-8,10-12H,4-6H2,1-3H3,(H,24,26)(H,28,30)/t10-,11?,12?/m0/s1. The minimum atomic E-state index is -4.49. The number of aromatic nitrogens is 4. The highest BCUT2D eigenvalue weighted by Crippen LogP contribution is 2.35. The summed E-state index contributed by atoms with van der Waals surface area (Å²) in [4.78, 5) is 30.3. The van der Waals surface area contributed by atoms with Crippen LogP contribution in [-0.2, 0) is 17.4 Å². The van der Waals surface area contributed by atoms with Crippen molar-refractivity contribution in [2.75, 3.05) is 22.6 Å². The monoisotopic (exact) mass is 421 g/mol. The van der Waals surface area contributed by atoms with Crippen molar-refractivity contribution in [3.8, 4) is 0 Å². The van der Waals surface area contributed by atoms with Crippen molar-refractivity contribution in [2.24, 2.45) is 5.92 Å². The van der Waals surface area contributed by atoms with Crippen molar-refractivity contribution in [3.63, 3.8) is 0 Å². The van der Waals surface area contributed by atoms with E-state index in [1.807, 2.05) is 25.8 Å². The molecule has 160 valence electrons. The summed E-state index contributed by atoms with van der Waals surface area (Å²) in [6.45, 7) is 3.67. The molecule has 2 aromatic heterocycles. The summed E-state index contributed by atoms with van der Waals surface area (Å²) in [5, 5.41) is 5.98. The van der Waals surface area contributed by atoms with Crippen LogP contribution >= 0.6 is 0 Å². The van der Waals surface area contributed by atoms with E-state index in [4.69, 9.17) is 0 Å². The molecular formula is C19H22F3N7O. The van der Waals surface area contributed by atoms with Crippen molar-refractivity contribution in [3.05, 3.63) is 29.6 Å². The molecule has 2 aliphatic rings. The number of alkyl halides is 3. The minimum Gasteiger partial charge on any atom is -0.366 e. The van der Waals surface area contributed by atoms with Crippen LogP contribution in [0.4, 0.5) is 30.5 Å². The molecule has 11 heteroatoms. The average molecular weight is 421 g/mol. The molecule has 1 amide bonds. The van der Waals surface area contributed by atoms with E-state index in [1.54, 1.807) is 0 Å². The van der Waals surface area contributed by atoms with Crippen LogP contribution in [0.5, 0.6) is 0 Å². The minimum absolute atomic E-state index is 0.0799. The van der Waals surface area contributed by atoms with Gasteiger partial charge in [-0.2, -0.15) is 13.2 Å². The Kier molecular flexibility index (Phi) is 4.99. The van der Waals surface area contributed by atoms with Gasteiger partial charge in [0.05, 0.1) is 18.1 Å². The number of nitrogens with zero attached hydrogens (tertiary/aromatic N) is 5. The number of halogens is 3. The van der Waals surface area contributed by atoms with Gasteiger partial charge in [-0.15, -0.1) is 0 Å². The molecule has 0 spiro atoms. The Morgan fingerprint density at radius 1 is 1.23 bits per heavy atom. The molecule has 2 aromatic rings. The summed E-state index contributed by atoms with van der Waals surface area (Å²) in [5.74, 6) is 2.06. The first-order chi connectivity index (χ1) is 14.1. The largest absolute Gasteiger partial charge is 0.434 e. The predicted octanol–water partition coefficient (Wildman–Crippen LogP) is 2.80. The van der Waals surface area contributed by atoms with Crippen LogP contribution < -0.4 is 15.5 Å². The second-order valence-electron chi connectivity index (χ2n) is 7.87. The van der Waals surface area contributed by atoms with Gasteiger partial charge in [0.1, 0.15) is 23.4 Å². The van der Waals surface area contributed by atoms with E-state index in [1.165, 1.54) is 0 Å². The molecular weight excluding hydrogens is 399 g/mol. The molecule has 1 saturated carbocycles. The molecule has 1 aliphatic carbocycles. The first-order valence-corrected chi connectivity index (χ1v) is 9.68. The van der Waals surface area contributed by atoms with E-state index in [-0.39, 0.29) is 18.0 Å². The Balaban J connectivity index is 1.35. The van der Waals surface area contributed by atoms with Gasteiger partial charge < -0.3 is 15.5 Å². The van der Waals surface area contributed by atoms with E-state index in [0.29, 0.717) is 23.8 Å². The lowest BCUT2D eigenvalue weighted by atomic mass is 9.78. The van der Waals surface area contributed by atoms with Crippen LogP contribution in [0, 0.1) is 12.8 Å². The lowest BCUT2D eigenvalue weighted by Gasteiger charge is -2.36. The number of aryl methyl sites for hydroxylation is 1. The number of amides is 1. The van der Waals surface area contributed by atoms with Gasteiger partial charge in [0.2, 0.25) is 5.91 Å². The lowest BCUT2D eigenvalue weighted by molar-refractivity contribution is -0.141. The number of anilines is 3. The molecule has 4 rings (SSSR count). The highest BCUT2D eigenvalue weighted by molar-refractivity contribution is 6.02. The van der Waals surface area contributed by atoms with E-state index in [0.717, 1.165) is 42.6 Å². The Bertz CT molecular complexity index is 958. The Morgan fingerprint density at radius 3 is 2.60 bits per heavy atom. The van der Waals surface area contributed by atoms with Crippen molar-refractivity contribution in [1.82, 2.24) is 19.9 Å². The SMILES string of the molecule is Cc1nc(CC2CC(Nc3cnc(C(F)(F)F)cn3)C2)nc2c1NC(=O)[C@H](C)N2C. The van der Waals surface area contributed by atoms with Gasteiger partial charge in [-0.3, -0.25) is 4.79 Å². The van der Waals surface area contributed by atoms with Crippen molar-refractivity contribution >= 4 is 23.2 Å². The molecule has 0 bridgehead atoms. The van der Waals surface area contributed by atoms with Crippen molar-refractivity contribution in [1.29, 1.82) is 0 Å². The number of hydrogen-bond acceptors (Lipinski definition) is 7. The molecule has 0 aromatic carbocycles. The summed E-state index contributed by atoms with van der Waals surface area (Å²) in [5.41, 5.74) is 0.379. The van der Waals surface area contributed by atoms with Crippen LogP contribution in [-0.4, -0.2) is 45.0 Å². The molecule has 2 N–H and O–H groups in total. The van der Waals surface area contributed by atoms with Crippen LogP contribution in [0.1, 0.15) is 37.0 Å². The Labute approximate surface area is 171 Å². The van der Waals surface area contributed by atoms with Gasteiger partial charge in [-0.05, 0) is 32.6 Å². The highest BCUT2D eigenvalue weighted by atomic mass is 19.4. The van der Waals surface area contributed by atoms with E-state index in [2.05, 4.69) is 30.6 Å². The zero-order chi connectivity index (χ0) is 21.6. The van der Waals surface area contributed by atoms with Gasteiger partial charge in [-0.1, -0.05) is 0 Å². The summed E-state index contributed by atoms with van der Waals surface area (Å²) in [6, 6.07) is -0.177. The lowest BCUT2D eigenvalue weighted by Crippen LogP contribution is -2.45. The molecule has 0 radical (unpaired) electrons. The topological polar surface area (TPSA) is 95.9 Å². The summed E-state index contributed by atoms with van der Waals surface area (Å²) >= 11 is 0. The summed E-state index contributed by atoms with van der Waals surface area (Å²) in [7, 11) is 1.84. The third kappa shape index (κ3) is 3.88. The average Bonchev–Trinajstić information content (AvgIpc) is 2.65. The normalized spacial score (nSPS) is 23.5. The molecule has 1 aliphatic heterocycles. The van der Waals surface area contributed by atoms with Crippen molar-refractivity contribution < 1.29 is 18.0 Å². The highest BCUT2D eigenvalue weighted by Gasteiger charge is 2.34. The van der Waals surface area contributed by atoms with Gasteiger partial charge in [0, 0.05) is 19.5 Å². The Morgan fingerprint density at radius 2 is 1.97 bits per heavy atom. The number of fused-ring (bicyclic) bond motifs is 1. The molecule has 3 heterocycles. The number of hydrogen-bond donors (Lipinski definition) is 2. The second-order valence-corrected chi connectivity index (χ2v) is 7.87. The Hall–Kier alpha value is -2.98. The fourth-order valence-electron chi connectivity index (χ4n) is 3.73. The van der Waals surface area contributed by atoms with Crippen molar-refractivity contribution in [2.45, 2.75) is 51.4 Å². The number of rotatable bonds is 4. The third-order valence-corrected chi connectivity index (χ3v) is 5.66. The van der Waals surface area contributed by atoms with E-state index in [9.17, 15) is 18.0 Å². The van der Waals surface area contributed by atoms with Gasteiger partial charge >= 0.3 is 6.18 Å². The fraction of sp³-hybridized carbons (Fsp3) is 0.526. The van der Waals surface area contributed by atoms with Gasteiger partial charge in [0.15, 0.2) is 11.5 Å². The molecule has 0 saturated heterocycles.